The number of rotatable bonds is 5. The van der Waals surface area contributed by atoms with Gasteiger partial charge >= 0.3 is 5.63 Å². The zero-order chi connectivity index (χ0) is 21.1. The summed E-state index contributed by atoms with van der Waals surface area (Å²) in [5.41, 5.74) is 3.46. The molecule has 0 aliphatic carbocycles. The topological polar surface area (TPSA) is 53.8 Å². The molecular weight excluding hydrogens is 376 g/mol. The van der Waals surface area contributed by atoms with Gasteiger partial charge in [0.1, 0.15) is 5.58 Å². The Hall–Kier alpha value is -2.92. The summed E-state index contributed by atoms with van der Waals surface area (Å²) in [6.07, 6.45) is 0.800. The first-order valence-corrected chi connectivity index (χ1v) is 10.6. The van der Waals surface area contributed by atoms with Crippen molar-refractivity contribution in [2.45, 2.75) is 32.7 Å². The van der Waals surface area contributed by atoms with Gasteiger partial charge in [0.05, 0.1) is 5.92 Å². The minimum Gasteiger partial charge on any atom is -0.423 e. The average molecular weight is 405 g/mol. The van der Waals surface area contributed by atoms with Crippen LogP contribution in [-0.4, -0.2) is 41.9 Å². The fraction of sp³-hybridized carbons (Fsp3) is 0.360. The Kier molecular flexibility index (Phi) is 6.00. The van der Waals surface area contributed by atoms with E-state index in [4.69, 9.17) is 4.42 Å². The Balaban J connectivity index is 1.43. The van der Waals surface area contributed by atoms with Gasteiger partial charge in [-0.1, -0.05) is 49.4 Å². The lowest BCUT2D eigenvalue weighted by Crippen LogP contribution is -2.49. The molecule has 1 saturated heterocycles. The third-order valence-electron chi connectivity index (χ3n) is 5.97. The lowest BCUT2D eigenvalue weighted by Gasteiger charge is -2.36. The van der Waals surface area contributed by atoms with Crippen molar-refractivity contribution in [3.8, 4) is 0 Å². The van der Waals surface area contributed by atoms with Crippen molar-refractivity contribution in [1.29, 1.82) is 0 Å². The molecule has 4 rings (SSSR count). The molecule has 0 saturated carbocycles. The molecule has 1 amide bonds. The van der Waals surface area contributed by atoms with Crippen LogP contribution in [0.1, 0.15) is 36.0 Å². The molecule has 0 N–H and O–H groups in total. The van der Waals surface area contributed by atoms with Gasteiger partial charge in [-0.05, 0) is 36.1 Å². The number of carbonyl (C=O) groups excluding carboxylic acids is 1. The van der Waals surface area contributed by atoms with E-state index in [1.807, 2.05) is 60.4 Å². The first-order valence-electron chi connectivity index (χ1n) is 10.6. The van der Waals surface area contributed by atoms with Crippen molar-refractivity contribution >= 4 is 16.9 Å². The van der Waals surface area contributed by atoms with Crippen LogP contribution in [0.15, 0.2) is 63.8 Å². The number of nitrogens with zero attached hydrogens (tertiary/aromatic N) is 2. The predicted octanol–water partition coefficient (Wildman–Crippen LogP) is 3.94. The van der Waals surface area contributed by atoms with Crippen molar-refractivity contribution in [2.75, 3.05) is 26.2 Å². The standard InChI is InChI=1S/C25H28N2O3/c1-3-21(19-7-5-4-6-8-19)25(29)27-13-11-26(12-14-27)17-20-16-24(28)30-23-15-18(2)9-10-22(20)23/h4-10,15-16,21H,3,11-14,17H2,1-2H3/t21-/m0/s1. The van der Waals surface area contributed by atoms with E-state index in [1.165, 1.54) is 0 Å². The molecule has 5 nitrogen and oxygen atoms in total. The Morgan fingerprint density at radius 2 is 1.77 bits per heavy atom. The van der Waals surface area contributed by atoms with Crippen molar-refractivity contribution in [3.63, 3.8) is 0 Å². The van der Waals surface area contributed by atoms with Crippen LogP contribution in [-0.2, 0) is 11.3 Å². The molecule has 1 aromatic heterocycles. The van der Waals surface area contributed by atoms with Gasteiger partial charge < -0.3 is 9.32 Å². The van der Waals surface area contributed by atoms with Crippen LogP contribution in [0.2, 0.25) is 0 Å². The number of carbonyl (C=O) groups is 1. The molecule has 0 unspecified atom stereocenters. The quantitative estimate of drug-likeness (QED) is 0.605. The highest BCUT2D eigenvalue weighted by atomic mass is 16.4. The third-order valence-corrected chi connectivity index (χ3v) is 5.97. The highest BCUT2D eigenvalue weighted by Gasteiger charge is 2.27. The molecule has 3 aromatic rings. The van der Waals surface area contributed by atoms with E-state index < -0.39 is 0 Å². The summed E-state index contributed by atoms with van der Waals surface area (Å²) in [5, 5.41) is 0.980. The summed E-state index contributed by atoms with van der Waals surface area (Å²) in [5.74, 6) is 0.133. The van der Waals surface area contributed by atoms with Gasteiger partial charge in [0.2, 0.25) is 5.91 Å². The van der Waals surface area contributed by atoms with Crippen LogP contribution in [0.3, 0.4) is 0 Å². The second-order valence-electron chi connectivity index (χ2n) is 8.06. The number of fused-ring (bicyclic) bond motifs is 1. The molecule has 5 heteroatoms. The summed E-state index contributed by atoms with van der Waals surface area (Å²) < 4.78 is 5.37. The van der Waals surface area contributed by atoms with Gasteiger partial charge in [-0.2, -0.15) is 0 Å². The zero-order valence-corrected chi connectivity index (χ0v) is 17.6. The monoisotopic (exact) mass is 404 g/mol. The molecule has 0 spiro atoms. The molecule has 156 valence electrons. The largest absolute Gasteiger partial charge is 0.423 e. The third kappa shape index (κ3) is 4.31. The van der Waals surface area contributed by atoms with Crippen molar-refractivity contribution in [1.82, 2.24) is 9.80 Å². The lowest BCUT2D eigenvalue weighted by molar-refractivity contribution is -0.134. The summed E-state index contributed by atoms with van der Waals surface area (Å²) in [7, 11) is 0. The molecule has 2 aromatic carbocycles. The van der Waals surface area contributed by atoms with Gasteiger partial charge in [-0.25, -0.2) is 4.79 Å². The van der Waals surface area contributed by atoms with E-state index in [0.29, 0.717) is 25.2 Å². The van der Waals surface area contributed by atoms with E-state index in [0.717, 1.165) is 41.6 Å². The Labute approximate surface area is 176 Å². The van der Waals surface area contributed by atoms with Crippen LogP contribution in [0.25, 0.3) is 11.0 Å². The number of amides is 1. The van der Waals surface area contributed by atoms with Crippen molar-refractivity contribution in [3.05, 3.63) is 81.7 Å². The normalized spacial score (nSPS) is 16.0. The average Bonchev–Trinajstić information content (AvgIpc) is 2.75. The maximum atomic E-state index is 13.1. The molecule has 0 radical (unpaired) electrons. The minimum absolute atomic E-state index is 0.0799. The Bertz CT molecular complexity index is 1080. The summed E-state index contributed by atoms with van der Waals surface area (Å²) in [4.78, 5) is 29.4. The van der Waals surface area contributed by atoms with Crippen LogP contribution in [0.5, 0.6) is 0 Å². The van der Waals surface area contributed by atoms with Crippen LogP contribution in [0.4, 0.5) is 0 Å². The van der Waals surface area contributed by atoms with E-state index >= 15 is 0 Å². The molecule has 1 aliphatic heterocycles. The summed E-state index contributed by atoms with van der Waals surface area (Å²) in [6, 6.07) is 17.6. The number of benzene rings is 2. The van der Waals surface area contributed by atoms with E-state index in [-0.39, 0.29) is 17.5 Å². The van der Waals surface area contributed by atoms with Gasteiger partial charge in [-0.15, -0.1) is 0 Å². The number of piperazine rings is 1. The lowest BCUT2D eigenvalue weighted by atomic mass is 9.95. The molecule has 0 bridgehead atoms. The van der Waals surface area contributed by atoms with Gasteiger partial charge in [0.15, 0.2) is 0 Å². The molecule has 1 aliphatic rings. The SMILES string of the molecule is CC[C@H](C(=O)N1CCN(Cc2cc(=O)oc3cc(C)ccc23)CC1)c1ccccc1. The fourth-order valence-electron chi connectivity index (χ4n) is 4.29. The molecule has 1 atom stereocenters. The highest BCUT2D eigenvalue weighted by molar-refractivity contribution is 5.84. The van der Waals surface area contributed by atoms with Gasteiger partial charge in [0.25, 0.3) is 0 Å². The highest BCUT2D eigenvalue weighted by Crippen LogP contribution is 2.24. The molecule has 2 heterocycles. The van der Waals surface area contributed by atoms with Gasteiger partial charge in [0, 0.05) is 44.2 Å². The van der Waals surface area contributed by atoms with E-state index in [9.17, 15) is 9.59 Å². The second-order valence-corrected chi connectivity index (χ2v) is 8.06. The van der Waals surface area contributed by atoms with E-state index in [2.05, 4.69) is 11.8 Å². The predicted molar refractivity (Wildman–Crippen MR) is 119 cm³/mol. The molecular formula is C25H28N2O3. The smallest absolute Gasteiger partial charge is 0.336 e. The van der Waals surface area contributed by atoms with Crippen molar-refractivity contribution < 1.29 is 9.21 Å². The minimum atomic E-state index is -0.314. The van der Waals surface area contributed by atoms with Crippen molar-refractivity contribution in [2.24, 2.45) is 0 Å². The Morgan fingerprint density at radius 3 is 2.47 bits per heavy atom. The first kappa shape index (κ1) is 20.4. The fourth-order valence-corrected chi connectivity index (χ4v) is 4.29. The van der Waals surface area contributed by atoms with Crippen LogP contribution >= 0.6 is 0 Å². The van der Waals surface area contributed by atoms with E-state index in [1.54, 1.807) is 6.07 Å². The molecule has 30 heavy (non-hydrogen) atoms. The summed E-state index contributed by atoms with van der Waals surface area (Å²) in [6.45, 7) is 7.75. The number of hydrogen-bond donors (Lipinski definition) is 0. The number of hydrogen-bond acceptors (Lipinski definition) is 4. The number of aryl methyl sites for hydroxylation is 1. The maximum Gasteiger partial charge on any atom is 0.336 e. The molecule has 1 fully saturated rings. The maximum absolute atomic E-state index is 13.1. The first-order chi connectivity index (χ1) is 14.5. The van der Waals surface area contributed by atoms with Crippen LogP contribution in [0, 0.1) is 6.92 Å². The second kappa shape index (κ2) is 8.84. The zero-order valence-electron chi connectivity index (χ0n) is 17.6. The van der Waals surface area contributed by atoms with Crippen LogP contribution < -0.4 is 5.63 Å². The van der Waals surface area contributed by atoms with Gasteiger partial charge in [-0.3, -0.25) is 9.69 Å². The Morgan fingerprint density at radius 1 is 1.03 bits per heavy atom. The summed E-state index contributed by atoms with van der Waals surface area (Å²) >= 11 is 0.